The molecule has 2 heteroatoms. The molecule has 0 aromatic heterocycles. The van der Waals surface area contributed by atoms with E-state index >= 15 is 0 Å². The SMILES string of the molecule is C1CCCCCCCCCCC1.Cc1ccccc1O.Cc1ccccc1O. The van der Waals surface area contributed by atoms with Crippen LogP contribution < -0.4 is 0 Å². The fourth-order valence-electron chi connectivity index (χ4n) is 3.25. The molecule has 1 saturated carbocycles. The maximum Gasteiger partial charge on any atom is 0.118 e. The second-order valence-corrected chi connectivity index (χ2v) is 7.82. The molecule has 0 atom stereocenters. The monoisotopic (exact) mass is 384 g/mol. The average molecular weight is 385 g/mol. The third-order valence-electron chi connectivity index (χ3n) is 5.23. The number of benzene rings is 2. The van der Waals surface area contributed by atoms with Crippen molar-refractivity contribution in [3.05, 3.63) is 59.7 Å². The molecule has 2 aromatic rings. The lowest BCUT2D eigenvalue weighted by atomic mass is 10.0. The van der Waals surface area contributed by atoms with E-state index in [1.165, 1.54) is 77.0 Å². The molecule has 0 radical (unpaired) electrons. The van der Waals surface area contributed by atoms with Crippen LogP contribution in [0.4, 0.5) is 0 Å². The van der Waals surface area contributed by atoms with Crippen molar-refractivity contribution in [3.63, 3.8) is 0 Å². The number of aromatic hydroxyl groups is 2. The van der Waals surface area contributed by atoms with Gasteiger partial charge in [-0.3, -0.25) is 0 Å². The van der Waals surface area contributed by atoms with Crippen molar-refractivity contribution in [3.8, 4) is 11.5 Å². The molecule has 1 fully saturated rings. The van der Waals surface area contributed by atoms with E-state index in [4.69, 9.17) is 10.2 Å². The summed E-state index contributed by atoms with van der Waals surface area (Å²) < 4.78 is 0. The molecule has 2 aromatic carbocycles. The minimum Gasteiger partial charge on any atom is -0.508 e. The van der Waals surface area contributed by atoms with Gasteiger partial charge in [-0.05, 0) is 37.1 Å². The van der Waals surface area contributed by atoms with Crippen LogP contribution in [0.3, 0.4) is 0 Å². The van der Waals surface area contributed by atoms with Crippen LogP contribution in [0.5, 0.6) is 11.5 Å². The molecular weight excluding hydrogens is 344 g/mol. The highest BCUT2D eigenvalue weighted by atomic mass is 16.3. The van der Waals surface area contributed by atoms with E-state index in [0.717, 1.165) is 11.1 Å². The molecule has 2 nitrogen and oxygen atoms in total. The molecular formula is C26H40O2. The fraction of sp³-hybridized carbons (Fsp3) is 0.538. The molecule has 0 spiro atoms. The van der Waals surface area contributed by atoms with Crippen LogP contribution in [0, 0.1) is 13.8 Å². The summed E-state index contributed by atoms with van der Waals surface area (Å²) in [6.45, 7) is 3.74. The van der Waals surface area contributed by atoms with Crippen molar-refractivity contribution in [1.82, 2.24) is 0 Å². The van der Waals surface area contributed by atoms with Gasteiger partial charge in [0.25, 0.3) is 0 Å². The molecule has 1 aliphatic rings. The van der Waals surface area contributed by atoms with Crippen molar-refractivity contribution in [1.29, 1.82) is 0 Å². The van der Waals surface area contributed by atoms with E-state index in [-0.39, 0.29) is 0 Å². The quantitative estimate of drug-likeness (QED) is 0.482. The first-order chi connectivity index (χ1) is 13.6. The Kier molecular flexibility index (Phi) is 13.8. The Hall–Kier alpha value is -1.96. The molecule has 1 aliphatic carbocycles. The Labute approximate surface area is 172 Å². The molecule has 0 bridgehead atoms. The van der Waals surface area contributed by atoms with Gasteiger partial charge in [-0.1, -0.05) is 113 Å². The normalized spacial score (nSPS) is 15.5. The van der Waals surface area contributed by atoms with Gasteiger partial charge in [-0.15, -0.1) is 0 Å². The first kappa shape index (κ1) is 24.1. The summed E-state index contributed by atoms with van der Waals surface area (Å²) in [5, 5.41) is 17.8. The summed E-state index contributed by atoms with van der Waals surface area (Å²) in [5.74, 6) is 0.736. The molecule has 0 aliphatic heterocycles. The van der Waals surface area contributed by atoms with Gasteiger partial charge < -0.3 is 10.2 Å². The van der Waals surface area contributed by atoms with Crippen LogP contribution in [0.25, 0.3) is 0 Å². The van der Waals surface area contributed by atoms with Crippen molar-refractivity contribution >= 4 is 0 Å². The molecule has 0 amide bonds. The number of para-hydroxylation sites is 2. The summed E-state index contributed by atoms with van der Waals surface area (Å²) in [5.41, 5.74) is 1.85. The summed E-state index contributed by atoms with van der Waals surface area (Å²) >= 11 is 0. The number of aryl methyl sites for hydroxylation is 2. The van der Waals surface area contributed by atoms with E-state index in [1.807, 2.05) is 50.2 Å². The minimum atomic E-state index is 0.368. The maximum atomic E-state index is 8.92. The fourth-order valence-corrected chi connectivity index (χ4v) is 3.25. The summed E-state index contributed by atoms with van der Waals surface area (Å²) in [4.78, 5) is 0. The molecule has 156 valence electrons. The Morgan fingerprint density at radius 3 is 0.786 bits per heavy atom. The van der Waals surface area contributed by atoms with Crippen LogP contribution in [-0.2, 0) is 0 Å². The lowest BCUT2D eigenvalue weighted by Gasteiger charge is -2.05. The van der Waals surface area contributed by atoms with Gasteiger partial charge >= 0.3 is 0 Å². The molecule has 0 heterocycles. The Balaban J connectivity index is 0.000000217. The first-order valence-corrected chi connectivity index (χ1v) is 11.1. The lowest BCUT2D eigenvalue weighted by molar-refractivity contribution is 0.470. The summed E-state index contributed by atoms with van der Waals surface area (Å²) in [6.07, 6.45) is 18.0. The van der Waals surface area contributed by atoms with E-state index in [1.54, 1.807) is 12.1 Å². The number of rotatable bonds is 0. The van der Waals surface area contributed by atoms with Gasteiger partial charge in [0.2, 0.25) is 0 Å². The highest BCUT2D eigenvalue weighted by Crippen LogP contribution is 2.16. The van der Waals surface area contributed by atoms with Gasteiger partial charge in [0.05, 0.1) is 0 Å². The van der Waals surface area contributed by atoms with Gasteiger partial charge in [0.1, 0.15) is 11.5 Å². The Bertz CT molecular complexity index is 493. The molecule has 2 N–H and O–H groups in total. The van der Waals surface area contributed by atoms with Crippen LogP contribution >= 0.6 is 0 Å². The van der Waals surface area contributed by atoms with Crippen LogP contribution in [0.15, 0.2) is 48.5 Å². The Morgan fingerprint density at radius 1 is 0.429 bits per heavy atom. The number of phenols is 2. The summed E-state index contributed by atoms with van der Waals surface area (Å²) in [6, 6.07) is 14.5. The second-order valence-electron chi connectivity index (χ2n) is 7.82. The van der Waals surface area contributed by atoms with Crippen molar-refractivity contribution in [2.24, 2.45) is 0 Å². The zero-order chi connectivity index (χ0) is 20.5. The van der Waals surface area contributed by atoms with Crippen LogP contribution in [-0.4, -0.2) is 10.2 Å². The Morgan fingerprint density at radius 2 is 0.643 bits per heavy atom. The van der Waals surface area contributed by atoms with Gasteiger partial charge in [0, 0.05) is 0 Å². The van der Waals surface area contributed by atoms with Gasteiger partial charge in [0.15, 0.2) is 0 Å². The topological polar surface area (TPSA) is 40.5 Å². The van der Waals surface area contributed by atoms with Crippen molar-refractivity contribution < 1.29 is 10.2 Å². The standard InChI is InChI=1S/C12H24.2C7H8O/c1-2-4-6-8-10-12-11-9-7-5-3-1;2*1-6-4-2-3-5-7(6)8/h1-12H2;2*2-5,8H,1H3. The molecule has 0 unspecified atom stereocenters. The highest BCUT2D eigenvalue weighted by Gasteiger charge is 1.96. The number of hydrogen-bond donors (Lipinski definition) is 2. The highest BCUT2D eigenvalue weighted by molar-refractivity contribution is 5.30. The van der Waals surface area contributed by atoms with E-state index in [0.29, 0.717) is 11.5 Å². The molecule has 3 rings (SSSR count). The second kappa shape index (κ2) is 16.0. The lowest BCUT2D eigenvalue weighted by Crippen LogP contribution is -1.85. The average Bonchev–Trinajstić information content (AvgIpc) is 2.68. The molecule has 28 heavy (non-hydrogen) atoms. The molecule has 0 saturated heterocycles. The van der Waals surface area contributed by atoms with Gasteiger partial charge in [-0.25, -0.2) is 0 Å². The van der Waals surface area contributed by atoms with Crippen molar-refractivity contribution in [2.75, 3.05) is 0 Å². The van der Waals surface area contributed by atoms with E-state index < -0.39 is 0 Å². The zero-order valence-electron chi connectivity index (χ0n) is 18.0. The maximum absolute atomic E-state index is 8.92. The largest absolute Gasteiger partial charge is 0.508 e. The minimum absolute atomic E-state index is 0.368. The smallest absolute Gasteiger partial charge is 0.118 e. The third-order valence-corrected chi connectivity index (χ3v) is 5.23. The van der Waals surface area contributed by atoms with Crippen LogP contribution in [0.1, 0.15) is 88.2 Å². The van der Waals surface area contributed by atoms with E-state index in [9.17, 15) is 0 Å². The number of hydrogen-bond acceptors (Lipinski definition) is 2. The van der Waals surface area contributed by atoms with E-state index in [2.05, 4.69) is 0 Å². The first-order valence-electron chi connectivity index (χ1n) is 11.1. The zero-order valence-corrected chi connectivity index (χ0v) is 18.0. The third kappa shape index (κ3) is 12.4. The summed E-state index contributed by atoms with van der Waals surface area (Å²) in [7, 11) is 0. The predicted octanol–water partition coefficient (Wildman–Crippen LogP) is 8.08. The van der Waals surface area contributed by atoms with Crippen LogP contribution in [0.2, 0.25) is 0 Å². The predicted molar refractivity (Wildman–Crippen MR) is 121 cm³/mol. The van der Waals surface area contributed by atoms with Crippen molar-refractivity contribution in [2.45, 2.75) is 90.9 Å². The van der Waals surface area contributed by atoms with Gasteiger partial charge in [-0.2, -0.15) is 0 Å². The number of phenolic OH excluding ortho intramolecular Hbond substituents is 2.